The van der Waals surface area contributed by atoms with Gasteiger partial charge in [-0.15, -0.1) is 0 Å². The van der Waals surface area contributed by atoms with Crippen molar-refractivity contribution in [2.45, 2.75) is 50.7 Å². The number of aliphatic imine (C=N–C) groups is 1. The smallest absolute Gasteiger partial charge is 0.322 e. The van der Waals surface area contributed by atoms with Crippen molar-refractivity contribution >= 4 is 35.6 Å². The van der Waals surface area contributed by atoms with Gasteiger partial charge in [-0.25, -0.2) is 0 Å². The van der Waals surface area contributed by atoms with Gasteiger partial charge in [0, 0.05) is 13.0 Å². The van der Waals surface area contributed by atoms with E-state index in [-0.39, 0.29) is 31.8 Å². The van der Waals surface area contributed by atoms with Gasteiger partial charge in [-0.05, 0) is 26.2 Å². The van der Waals surface area contributed by atoms with Gasteiger partial charge >= 0.3 is 11.9 Å². The van der Waals surface area contributed by atoms with Crippen LogP contribution < -0.4 is 33.2 Å². The molecule has 11 N–H and O–H groups in total. The zero-order valence-corrected chi connectivity index (χ0v) is 16.6. The van der Waals surface area contributed by atoms with E-state index in [1.807, 2.05) is 0 Å². The van der Waals surface area contributed by atoms with Crippen LogP contribution in [0, 0.1) is 0 Å². The molecule has 0 aromatic rings. The molecule has 0 bridgehead atoms. The molecule has 0 rings (SSSR count). The van der Waals surface area contributed by atoms with Gasteiger partial charge in [0.15, 0.2) is 5.96 Å². The number of nitrogens with one attached hydrogen (secondary N) is 3. The van der Waals surface area contributed by atoms with Crippen LogP contribution >= 0.6 is 0 Å². The van der Waals surface area contributed by atoms with Crippen molar-refractivity contribution in [2.75, 3.05) is 13.1 Å². The number of carboxylic acids is 2. The molecule has 0 heterocycles. The van der Waals surface area contributed by atoms with Crippen LogP contribution in [0.15, 0.2) is 4.99 Å². The topological polar surface area (TPSA) is 252 Å². The minimum Gasteiger partial charge on any atom is -0.481 e. The predicted molar refractivity (Wildman–Crippen MR) is 105 cm³/mol. The van der Waals surface area contributed by atoms with Gasteiger partial charge in [0.1, 0.15) is 18.6 Å². The van der Waals surface area contributed by atoms with Crippen LogP contribution in [0.25, 0.3) is 0 Å². The molecule has 0 radical (unpaired) electrons. The summed E-state index contributed by atoms with van der Waals surface area (Å²) in [6.07, 6.45) is -0.328. The summed E-state index contributed by atoms with van der Waals surface area (Å²) < 4.78 is 0. The SMILES string of the molecule is CC(N)C(=O)NC(CCC(=O)O)C(=O)NC(CCCN=C(N)N)C(=O)NCC(=O)O. The Morgan fingerprint density at radius 1 is 0.900 bits per heavy atom. The third-order valence-electron chi connectivity index (χ3n) is 3.69. The molecule has 3 amide bonds. The molecule has 30 heavy (non-hydrogen) atoms. The van der Waals surface area contributed by atoms with E-state index >= 15 is 0 Å². The Balaban J connectivity index is 5.25. The first-order valence-electron chi connectivity index (χ1n) is 9.07. The summed E-state index contributed by atoms with van der Waals surface area (Å²) in [6.45, 7) is 0.876. The lowest BCUT2D eigenvalue weighted by Gasteiger charge is -2.23. The van der Waals surface area contributed by atoms with Gasteiger partial charge < -0.3 is 43.4 Å². The Kier molecular flexibility index (Phi) is 12.1. The van der Waals surface area contributed by atoms with Crippen molar-refractivity contribution in [1.29, 1.82) is 0 Å². The number of carbonyl (C=O) groups is 5. The highest BCUT2D eigenvalue weighted by atomic mass is 16.4. The molecule has 0 aliphatic rings. The Bertz CT molecular complexity index is 662. The molecular weight excluding hydrogens is 402 g/mol. The summed E-state index contributed by atoms with van der Waals surface area (Å²) >= 11 is 0. The zero-order chi connectivity index (χ0) is 23.3. The Morgan fingerprint density at radius 3 is 1.97 bits per heavy atom. The molecule has 0 fully saturated rings. The van der Waals surface area contributed by atoms with E-state index in [2.05, 4.69) is 20.9 Å². The minimum absolute atomic E-state index is 0.0564. The lowest BCUT2D eigenvalue weighted by molar-refractivity contribution is -0.138. The maximum absolute atomic E-state index is 12.6. The Morgan fingerprint density at radius 2 is 1.47 bits per heavy atom. The highest BCUT2D eigenvalue weighted by Crippen LogP contribution is 2.04. The molecule has 3 unspecified atom stereocenters. The first kappa shape index (κ1) is 26.6. The van der Waals surface area contributed by atoms with Crippen molar-refractivity contribution in [3.8, 4) is 0 Å². The second-order valence-electron chi connectivity index (χ2n) is 6.40. The van der Waals surface area contributed by atoms with Crippen molar-refractivity contribution in [1.82, 2.24) is 16.0 Å². The van der Waals surface area contributed by atoms with Gasteiger partial charge in [-0.2, -0.15) is 0 Å². The van der Waals surface area contributed by atoms with Crippen molar-refractivity contribution in [2.24, 2.45) is 22.2 Å². The van der Waals surface area contributed by atoms with E-state index in [1.54, 1.807) is 0 Å². The minimum atomic E-state index is -1.28. The molecule has 0 aromatic carbocycles. The number of nitrogens with two attached hydrogens (primary N) is 3. The molecule has 0 spiro atoms. The molecule has 14 nitrogen and oxygen atoms in total. The van der Waals surface area contributed by atoms with Crippen LogP contribution in [-0.4, -0.2) is 77.0 Å². The van der Waals surface area contributed by atoms with Crippen LogP contribution in [0.2, 0.25) is 0 Å². The standard InChI is InChI=1S/C16H29N7O7/c1-8(17)13(28)22-10(4-5-11(24)25)15(30)23-9(3-2-6-20-16(18)19)14(29)21-7-12(26)27/h8-10H,2-7,17H2,1H3,(H,21,29)(H,22,28)(H,23,30)(H,24,25)(H,26,27)(H4,18,19,20). The molecule has 0 aliphatic carbocycles. The fraction of sp³-hybridized carbons (Fsp3) is 0.625. The van der Waals surface area contributed by atoms with Crippen molar-refractivity contribution in [3.63, 3.8) is 0 Å². The van der Waals surface area contributed by atoms with E-state index in [0.717, 1.165) is 0 Å². The van der Waals surface area contributed by atoms with Gasteiger partial charge in [0.05, 0.1) is 6.04 Å². The summed E-state index contributed by atoms with van der Waals surface area (Å²) in [4.78, 5) is 61.9. The number of amides is 3. The van der Waals surface area contributed by atoms with Gasteiger partial charge in [0.2, 0.25) is 17.7 Å². The van der Waals surface area contributed by atoms with Gasteiger partial charge in [-0.1, -0.05) is 0 Å². The van der Waals surface area contributed by atoms with Crippen LogP contribution in [-0.2, 0) is 24.0 Å². The van der Waals surface area contributed by atoms with Gasteiger partial charge in [0.25, 0.3) is 0 Å². The summed E-state index contributed by atoms with van der Waals surface area (Å²) in [7, 11) is 0. The molecule has 170 valence electrons. The number of hydrogen-bond donors (Lipinski definition) is 8. The van der Waals surface area contributed by atoms with Crippen molar-refractivity contribution in [3.05, 3.63) is 0 Å². The number of carboxylic acid groups (broad SMARTS) is 2. The first-order chi connectivity index (χ1) is 13.9. The highest BCUT2D eigenvalue weighted by Gasteiger charge is 2.27. The highest BCUT2D eigenvalue weighted by molar-refractivity contribution is 5.93. The number of guanidine groups is 1. The van der Waals surface area contributed by atoms with Crippen LogP contribution in [0.3, 0.4) is 0 Å². The second kappa shape index (κ2) is 13.7. The number of rotatable bonds is 14. The first-order valence-corrected chi connectivity index (χ1v) is 9.07. The Labute approximate surface area is 172 Å². The fourth-order valence-corrected chi connectivity index (χ4v) is 2.17. The summed E-state index contributed by atoms with van der Waals surface area (Å²) in [6, 6.07) is -3.36. The van der Waals surface area contributed by atoms with E-state index in [4.69, 9.17) is 27.4 Å². The lowest BCUT2D eigenvalue weighted by Crippen LogP contribution is -2.55. The van der Waals surface area contributed by atoms with Crippen LogP contribution in [0.4, 0.5) is 0 Å². The predicted octanol–water partition coefficient (Wildman–Crippen LogP) is -3.58. The number of carbonyl (C=O) groups excluding carboxylic acids is 3. The monoisotopic (exact) mass is 431 g/mol. The average Bonchev–Trinajstić information content (AvgIpc) is 2.64. The number of aliphatic carboxylic acids is 2. The lowest BCUT2D eigenvalue weighted by atomic mass is 10.1. The molecule has 0 saturated carbocycles. The largest absolute Gasteiger partial charge is 0.481 e. The molecule has 14 heteroatoms. The quantitative estimate of drug-likeness (QED) is 0.0762. The van der Waals surface area contributed by atoms with Crippen molar-refractivity contribution < 1.29 is 34.2 Å². The van der Waals surface area contributed by atoms with E-state index < -0.39 is 60.8 Å². The molecule has 0 aliphatic heterocycles. The summed E-state index contributed by atoms with van der Waals surface area (Å²) in [5, 5.41) is 24.4. The summed E-state index contributed by atoms with van der Waals surface area (Å²) in [5.74, 6) is -4.89. The second-order valence-corrected chi connectivity index (χ2v) is 6.40. The van der Waals surface area contributed by atoms with E-state index in [1.165, 1.54) is 6.92 Å². The third kappa shape index (κ3) is 12.1. The van der Waals surface area contributed by atoms with Crippen LogP contribution in [0.1, 0.15) is 32.6 Å². The van der Waals surface area contributed by atoms with Crippen LogP contribution in [0.5, 0.6) is 0 Å². The fourth-order valence-electron chi connectivity index (χ4n) is 2.17. The third-order valence-corrected chi connectivity index (χ3v) is 3.69. The van der Waals surface area contributed by atoms with Gasteiger partial charge in [-0.3, -0.25) is 29.0 Å². The van der Waals surface area contributed by atoms with E-state index in [9.17, 15) is 24.0 Å². The van der Waals surface area contributed by atoms with E-state index in [0.29, 0.717) is 0 Å². The maximum Gasteiger partial charge on any atom is 0.322 e. The normalized spacial score (nSPS) is 13.3. The Hall–Kier alpha value is -3.42. The molecule has 0 aromatic heterocycles. The average molecular weight is 431 g/mol. The molecule has 3 atom stereocenters. The molecule has 0 saturated heterocycles. The molecular formula is C16H29N7O7. The number of hydrogen-bond acceptors (Lipinski definition) is 7. The maximum atomic E-state index is 12.6. The summed E-state index contributed by atoms with van der Waals surface area (Å²) in [5.41, 5.74) is 15.9. The zero-order valence-electron chi connectivity index (χ0n) is 16.6. The number of nitrogens with zero attached hydrogens (tertiary/aromatic N) is 1.